The lowest BCUT2D eigenvalue weighted by atomic mass is 9.96. The predicted octanol–water partition coefficient (Wildman–Crippen LogP) is 2.23. The van der Waals surface area contributed by atoms with Crippen molar-refractivity contribution in [1.82, 2.24) is 0 Å². The summed E-state index contributed by atoms with van der Waals surface area (Å²) >= 11 is 0. The van der Waals surface area contributed by atoms with Crippen LogP contribution in [0.25, 0.3) is 27.9 Å². The number of aliphatic hydroxyl groups is 2. The Balaban J connectivity index is 2.46. The monoisotopic (exact) mass is 284 g/mol. The van der Waals surface area contributed by atoms with Crippen LogP contribution < -0.4 is 10.6 Å². The molecule has 0 saturated carbocycles. The highest BCUT2D eigenvalue weighted by Gasteiger charge is 2.17. The Morgan fingerprint density at radius 2 is 2.10 bits per heavy atom. The normalized spacial score (nSPS) is 14.6. The highest BCUT2D eigenvalue weighted by molar-refractivity contribution is 5.96. The summed E-state index contributed by atoms with van der Waals surface area (Å²) in [6.07, 6.45) is -0.132. The molecule has 0 bridgehead atoms. The number of hydrogen-bond acceptors (Lipinski definition) is 4. The molecule has 1 aliphatic carbocycles. The van der Waals surface area contributed by atoms with Crippen molar-refractivity contribution in [3.8, 4) is 11.3 Å². The van der Waals surface area contributed by atoms with Gasteiger partial charge in [0.05, 0.1) is 11.3 Å². The van der Waals surface area contributed by atoms with Crippen LogP contribution in [0.4, 0.5) is 0 Å². The van der Waals surface area contributed by atoms with E-state index in [1.807, 2.05) is 18.2 Å². The first-order valence-electron chi connectivity index (χ1n) is 6.83. The molecule has 1 atom stereocenters. The van der Waals surface area contributed by atoms with Gasteiger partial charge in [0.15, 0.2) is 5.43 Å². The first-order valence-corrected chi connectivity index (χ1v) is 6.83. The molecule has 108 valence electrons. The highest BCUT2D eigenvalue weighted by Crippen LogP contribution is 2.31. The van der Waals surface area contributed by atoms with Crippen LogP contribution in [-0.4, -0.2) is 16.3 Å². The van der Waals surface area contributed by atoms with Crippen LogP contribution in [0, 0.1) is 0 Å². The Bertz CT molecular complexity index is 885. The second-order valence-electron chi connectivity index (χ2n) is 5.37. The number of aliphatic hydroxyl groups excluding tert-OH is 2. The number of rotatable bonds is 2. The van der Waals surface area contributed by atoms with Crippen LogP contribution in [0.1, 0.15) is 19.6 Å². The van der Waals surface area contributed by atoms with E-state index in [0.29, 0.717) is 28.5 Å². The summed E-state index contributed by atoms with van der Waals surface area (Å²) in [7, 11) is 0. The number of benzene rings is 2. The van der Waals surface area contributed by atoms with Gasteiger partial charge in [0, 0.05) is 23.4 Å². The second kappa shape index (κ2) is 4.90. The van der Waals surface area contributed by atoms with Gasteiger partial charge in [0.1, 0.15) is 17.3 Å². The quantitative estimate of drug-likeness (QED) is 0.757. The SMILES string of the molecule is C/C(O)=c1/c(=O)cc2oc(C[C@@H](C)O)cc3cccc1c3-2. The van der Waals surface area contributed by atoms with Crippen molar-refractivity contribution in [2.75, 3.05) is 0 Å². The van der Waals surface area contributed by atoms with Gasteiger partial charge < -0.3 is 14.6 Å². The molecule has 1 aromatic carbocycles. The fourth-order valence-electron chi connectivity index (χ4n) is 2.76. The molecule has 0 aromatic heterocycles. The zero-order chi connectivity index (χ0) is 15.1. The average molecular weight is 284 g/mol. The third kappa shape index (κ3) is 2.28. The lowest BCUT2D eigenvalue weighted by Crippen LogP contribution is -2.27. The molecule has 1 heterocycles. The van der Waals surface area contributed by atoms with Gasteiger partial charge in [-0.2, -0.15) is 0 Å². The van der Waals surface area contributed by atoms with E-state index in [1.54, 1.807) is 13.0 Å². The molecule has 1 aromatic rings. The highest BCUT2D eigenvalue weighted by atomic mass is 16.3. The van der Waals surface area contributed by atoms with Gasteiger partial charge in [-0.3, -0.25) is 4.79 Å². The zero-order valence-electron chi connectivity index (χ0n) is 11.9. The van der Waals surface area contributed by atoms with Crippen molar-refractivity contribution in [2.24, 2.45) is 0 Å². The Hall–Kier alpha value is -2.33. The van der Waals surface area contributed by atoms with Gasteiger partial charge in [-0.15, -0.1) is 0 Å². The molecule has 4 nitrogen and oxygen atoms in total. The van der Waals surface area contributed by atoms with Crippen LogP contribution in [0.15, 0.2) is 39.5 Å². The summed E-state index contributed by atoms with van der Waals surface area (Å²) in [6.45, 7) is 3.19. The minimum atomic E-state index is -0.518. The molecule has 1 aliphatic heterocycles. The van der Waals surface area contributed by atoms with Crippen LogP contribution in [0.2, 0.25) is 0 Å². The van der Waals surface area contributed by atoms with Gasteiger partial charge in [0.25, 0.3) is 0 Å². The van der Waals surface area contributed by atoms with Crippen LogP contribution >= 0.6 is 0 Å². The van der Waals surface area contributed by atoms with Crippen LogP contribution in [0.5, 0.6) is 0 Å². The number of hydrogen-bond donors (Lipinski definition) is 2. The first kappa shape index (κ1) is 13.6. The van der Waals surface area contributed by atoms with Gasteiger partial charge in [0.2, 0.25) is 0 Å². The first-order chi connectivity index (χ1) is 9.97. The smallest absolute Gasteiger partial charge is 0.193 e. The minimum absolute atomic E-state index is 0.00227. The molecule has 0 radical (unpaired) electrons. The standard InChI is InChI=1S/C17H16O4/c1-9(18)6-12-7-11-4-3-5-13-16(10(2)19)14(20)8-15(21-12)17(11)13/h3-5,7-9,18-19H,6H2,1-2H3/b16-10-/t9-/m1/s1. The minimum Gasteiger partial charge on any atom is -0.512 e. The molecular formula is C17H16O4. The van der Waals surface area contributed by atoms with Crippen molar-refractivity contribution >= 4 is 16.5 Å². The summed E-state index contributed by atoms with van der Waals surface area (Å²) in [5.74, 6) is 1.11. The van der Waals surface area contributed by atoms with Crippen molar-refractivity contribution in [3.05, 3.63) is 51.5 Å². The van der Waals surface area contributed by atoms with Gasteiger partial charge >= 0.3 is 0 Å². The topological polar surface area (TPSA) is 70.7 Å². The van der Waals surface area contributed by atoms with E-state index >= 15 is 0 Å². The molecule has 2 N–H and O–H groups in total. The van der Waals surface area contributed by atoms with Crippen molar-refractivity contribution < 1.29 is 14.6 Å². The van der Waals surface area contributed by atoms with E-state index < -0.39 is 6.10 Å². The fourth-order valence-corrected chi connectivity index (χ4v) is 2.76. The van der Waals surface area contributed by atoms with E-state index in [2.05, 4.69) is 0 Å². The average Bonchev–Trinajstić information content (AvgIpc) is 2.36. The van der Waals surface area contributed by atoms with E-state index in [-0.39, 0.29) is 11.2 Å². The maximum Gasteiger partial charge on any atom is 0.193 e. The van der Waals surface area contributed by atoms with E-state index in [0.717, 1.165) is 10.9 Å². The molecule has 0 saturated heterocycles. The summed E-state index contributed by atoms with van der Waals surface area (Å²) in [6, 6.07) is 8.83. The van der Waals surface area contributed by atoms with Gasteiger partial charge in [-0.25, -0.2) is 0 Å². The van der Waals surface area contributed by atoms with Gasteiger partial charge in [-0.05, 0) is 25.3 Å². The second-order valence-corrected chi connectivity index (χ2v) is 5.37. The predicted molar refractivity (Wildman–Crippen MR) is 81.4 cm³/mol. The van der Waals surface area contributed by atoms with Crippen molar-refractivity contribution in [3.63, 3.8) is 0 Å². The lowest BCUT2D eigenvalue weighted by molar-refractivity contribution is 0.187. The third-order valence-corrected chi connectivity index (χ3v) is 3.54. The Kier molecular flexibility index (Phi) is 3.18. The Morgan fingerprint density at radius 3 is 2.76 bits per heavy atom. The summed E-state index contributed by atoms with van der Waals surface area (Å²) < 4.78 is 5.74. The molecule has 21 heavy (non-hydrogen) atoms. The molecule has 0 spiro atoms. The maximum absolute atomic E-state index is 12.2. The van der Waals surface area contributed by atoms with E-state index in [4.69, 9.17) is 4.42 Å². The van der Waals surface area contributed by atoms with Gasteiger partial charge in [-0.1, -0.05) is 18.2 Å². The van der Waals surface area contributed by atoms with Crippen LogP contribution in [-0.2, 0) is 6.42 Å². The summed E-state index contributed by atoms with van der Waals surface area (Å²) in [4.78, 5) is 12.2. The molecule has 2 aliphatic rings. The van der Waals surface area contributed by atoms with E-state index in [9.17, 15) is 15.0 Å². The molecule has 3 rings (SSSR count). The van der Waals surface area contributed by atoms with Crippen LogP contribution in [0.3, 0.4) is 0 Å². The molecule has 0 fully saturated rings. The third-order valence-electron chi connectivity index (χ3n) is 3.54. The lowest BCUT2D eigenvalue weighted by Gasteiger charge is -2.14. The maximum atomic E-state index is 12.2. The van der Waals surface area contributed by atoms with Crippen molar-refractivity contribution in [2.45, 2.75) is 26.4 Å². The fraction of sp³-hybridized carbons (Fsp3) is 0.235. The largest absolute Gasteiger partial charge is 0.512 e. The zero-order valence-corrected chi connectivity index (χ0v) is 11.9. The summed E-state index contributed by atoms with van der Waals surface area (Å²) in [5.41, 5.74) is 0.544. The molecular weight excluding hydrogens is 268 g/mol. The van der Waals surface area contributed by atoms with E-state index in [1.165, 1.54) is 13.0 Å². The molecule has 0 amide bonds. The molecule has 4 heteroatoms. The molecule has 0 unspecified atom stereocenters. The Labute approximate surface area is 121 Å². The summed E-state index contributed by atoms with van der Waals surface area (Å²) in [5, 5.41) is 21.2. The Morgan fingerprint density at radius 1 is 1.33 bits per heavy atom. The van der Waals surface area contributed by atoms with Crippen molar-refractivity contribution in [1.29, 1.82) is 0 Å².